The van der Waals surface area contributed by atoms with Crippen molar-refractivity contribution in [2.24, 2.45) is 5.92 Å². The largest absolute Gasteiger partial charge is 0.468 e. The number of carbonyl (C=O) groups excluding carboxylic acids is 1. The lowest BCUT2D eigenvalue weighted by atomic mass is 9.85. The molecule has 0 bridgehead atoms. The van der Waals surface area contributed by atoms with Gasteiger partial charge in [0.25, 0.3) is 0 Å². The zero-order valence-electron chi connectivity index (χ0n) is 10.5. The van der Waals surface area contributed by atoms with Gasteiger partial charge in [-0.15, -0.1) is 0 Å². The summed E-state index contributed by atoms with van der Waals surface area (Å²) in [6.45, 7) is 0.607. The van der Waals surface area contributed by atoms with Gasteiger partial charge in [-0.25, -0.2) is 0 Å². The Labute approximate surface area is 102 Å². The van der Waals surface area contributed by atoms with Gasteiger partial charge in [-0.3, -0.25) is 9.69 Å². The van der Waals surface area contributed by atoms with Gasteiger partial charge in [0.1, 0.15) is 5.76 Å². The highest BCUT2D eigenvalue weighted by atomic mass is 16.3. The summed E-state index contributed by atoms with van der Waals surface area (Å²) in [4.78, 5) is 13.8. The van der Waals surface area contributed by atoms with E-state index in [1.54, 1.807) is 6.26 Å². The lowest BCUT2D eigenvalue weighted by Gasteiger charge is -2.27. The van der Waals surface area contributed by atoms with E-state index in [1.807, 2.05) is 26.2 Å². The smallest absolute Gasteiger partial charge is 0.223 e. The lowest BCUT2D eigenvalue weighted by Crippen LogP contribution is -2.39. The van der Waals surface area contributed by atoms with Crippen LogP contribution in [0.4, 0.5) is 0 Å². The van der Waals surface area contributed by atoms with E-state index < -0.39 is 0 Å². The van der Waals surface area contributed by atoms with Gasteiger partial charge < -0.3 is 9.73 Å². The van der Waals surface area contributed by atoms with Crippen LogP contribution in [0.2, 0.25) is 0 Å². The van der Waals surface area contributed by atoms with Crippen molar-refractivity contribution in [3.8, 4) is 0 Å². The molecule has 1 amide bonds. The van der Waals surface area contributed by atoms with E-state index in [2.05, 4.69) is 10.2 Å². The number of rotatable bonds is 5. The Balaban J connectivity index is 1.88. The van der Waals surface area contributed by atoms with E-state index in [4.69, 9.17) is 4.42 Å². The van der Waals surface area contributed by atoms with E-state index in [0.29, 0.717) is 6.54 Å². The number of amides is 1. The number of nitrogens with zero attached hydrogens (tertiary/aromatic N) is 1. The molecular formula is C13H20N2O2. The fraction of sp³-hybridized carbons (Fsp3) is 0.615. The van der Waals surface area contributed by atoms with Crippen molar-refractivity contribution in [2.75, 3.05) is 20.6 Å². The van der Waals surface area contributed by atoms with Crippen LogP contribution in [0.1, 0.15) is 31.1 Å². The van der Waals surface area contributed by atoms with Crippen LogP contribution in [0.5, 0.6) is 0 Å². The Hall–Kier alpha value is -1.29. The molecule has 0 aromatic carbocycles. The van der Waals surface area contributed by atoms with Crippen LogP contribution < -0.4 is 5.32 Å². The summed E-state index contributed by atoms with van der Waals surface area (Å²) < 4.78 is 5.40. The zero-order chi connectivity index (χ0) is 12.3. The average molecular weight is 236 g/mol. The third-order valence-electron chi connectivity index (χ3n) is 3.44. The normalized spacial score (nSPS) is 17.8. The fourth-order valence-corrected chi connectivity index (χ4v) is 2.03. The predicted molar refractivity (Wildman–Crippen MR) is 65.5 cm³/mol. The van der Waals surface area contributed by atoms with Gasteiger partial charge in [0.05, 0.1) is 12.3 Å². The molecule has 0 radical (unpaired) electrons. The van der Waals surface area contributed by atoms with E-state index in [9.17, 15) is 4.79 Å². The third-order valence-corrected chi connectivity index (χ3v) is 3.44. The maximum Gasteiger partial charge on any atom is 0.223 e. The van der Waals surface area contributed by atoms with Crippen LogP contribution in [-0.2, 0) is 4.79 Å². The SMILES string of the molecule is CN(C)C(CNC(=O)C1CCC1)c1ccco1. The van der Waals surface area contributed by atoms with Crippen LogP contribution in [0.3, 0.4) is 0 Å². The van der Waals surface area contributed by atoms with E-state index in [1.165, 1.54) is 6.42 Å². The fourth-order valence-electron chi connectivity index (χ4n) is 2.03. The maximum atomic E-state index is 11.8. The first kappa shape index (κ1) is 12.2. The number of hydrogen-bond donors (Lipinski definition) is 1. The van der Waals surface area contributed by atoms with E-state index in [-0.39, 0.29) is 17.9 Å². The van der Waals surface area contributed by atoms with Crippen LogP contribution in [0, 0.1) is 5.92 Å². The highest BCUT2D eigenvalue weighted by Gasteiger charge is 2.26. The summed E-state index contributed by atoms with van der Waals surface area (Å²) in [7, 11) is 3.98. The molecule has 1 heterocycles. The summed E-state index contributed by atoms with van der Waals surface area (Å²) >= 11 is 0. The standard InChI is InChI=1S/C13H20N2O2/c1-15(2)11(12-7-4-8-17-12)9-14-13(16)10-5-3-6-10/h4,7-8,10-11H,3,5-6,9H2,1-2H3,(H,14,16). The van der Waals surface area contributed by atoms with Crippen molar-refractivity contribution in [2.45, 2.75) is 25.3 Å². The van der Waals surface area contributed by atoms with Crippen LogP contribution >= 0.6 is 0 Å². The maximum absolute atomic E-state index is 11.8. The lowest BCUT2D eigenvalue weighted by molar-refractivity contribution is -0.127. The molecule has 1 aromatic rings. The van der Waals surface area contributed by atoms with Gasteiger partial charge in [0, 0.05) is 12.5 Å². The molecule has 0 saturated heterocycles. The van der Waals surface area contributed by atoms with Gasteiger partial charge in [0.2, 0.25) is 5.91 Å². The Morgan fingerprint density at radius 3 is 2.82 bits per heavy atom. The van der Waals surface area contributed by atoms with Crippen LogP contribution in [0.15, 0.2) is 22.8 Å². The molecule has 1 N–H and O–H groups in total. The Bertz CT molecular complexity index is 356. The second kappa shape index (κ2) is 5.36. The number of furan rings is 1. The predicted octanol–water partition coefficient (Wildman–Crippen LogP) is 1.80. The van der Waals surface area contributed by atoms with Crippen molar-refractivity contribution in [3.05, 3.63) is 24.2 Å². The van der Waals surface area contributed by atoms with E-state index in [0.717, 1.165) is 18.6 Å². The van der Waals surface area contributed by atoms with Gasteiger partial charge in [-0.2, -0.15) is 0 Å². The molecule has 1 atom stereocenters. The molecule has 1 aromatic heterocycles. The van der Waals surface area contributed by atoms with Gasteiger partial charge in [-0.05, 0) is 39.1 Å². The first-order valence-corrected chi connectivity index (χ1v) is 6.16. The first-order chi connectivity index (χ1) is 8.18. The highest BCUT2D eigenvalue weighted by molar-refractivity contribution is 5.79. The van der Waals surface area contributed by atoms with Crippen LogP contribution in [-0.4, -0.2) is 31.4 Å². The number of likely N-dealkylation sites (N-methyl/N-ethyl adjacent to an activating group) is 1. The third kappa shape index (κ3) is 2.88. The Morgan fingerprint density at radius 2 is 2.35 bits per heavy atom. The van der Waals surface area contributed by atoms with Gasteiger partial charge >= 0.3 is 0 Å². The van der Waals surface area contributed by atoms with E-state index >= 15 is 0 Å². The summed E-state index contributed by atoms with van der Waals surface area (Å²) in [6.07, 6.45) is 4.94. The highest BCUT2D eigenvalue weighted by Crippen LogP contribution is 2.26. The first-order valence-electron chi connectivity index (χ1n) is 6.16. The van der Waals surface area contributed by atoms with Crippen molar-refractivity contribution in [3.63, 3.8) is 0 Å². The van der Waals surface area contributed by atoms with Crippen molar-refractivity contribution >= 4 is 5.91 Å². The minimum atomic E-state index is 0.106. The quantitative estimate of drug-likeness (QED) is 0.848. The molecule has 0 spiro atoms. The molecule has 4 heteroatoms. The molecule has 4 nitrogen and oxygen atoms in total. The second-order valence-corrected chi connectivity index (χ2v) is 4.87. The summed E-state index contributed by atoms with van der Waals surface area (Å²) in [5.41, 5.74) is 0. The van der Waals surface area contributed by atoms with Crippen molar-refractivity contribution in [1.29, 1.82) is 0 Å². The second-order valence-electron chi connectivity index (χ2n) is 4.87. The van der Waals surface area contributed by atoms with Crippen molar-refractivity contribution in [1.82, 2.24) is 10.2 Å². The number of carbonyl (C=O) groups is 1. The molecule has 17 heavy (non-hydrogen) atoms. The Kier molecular flexibility index (Phi) is 3.84. The van der Waals surface area contributed by atoms with Gasteiger partial charge in [0.15, 0.2) is 0 Å². The average Bonchev–Trinajstić information content (AvgIpc) is 2.67. The molecule has 0 aliphatic heterocycles. The molecule has 1 saturated carbocycles. The molecule has 2 rings (SSSR count). The molecule has 1 unspecified atom stereocenters. The van der Waals surface area contributed by atoms with Gasteiger partial charge in [-0.1, -0.05) is 6.42 Å². The summed E-state index contributed by atoms with van der Waals surface area (Å²) in [6, 6.07) is 3.92. The summed E-state index contributed by atoms with van der Waals surface area (Å²) in [5.74, 6) is 1.33. The molecule has 1 fully saturated rings. The summed E-state index contributed by atoms with van der Waals surface area (Å²) in [5, 5.41) is 3.01. The van der Waals surface area contributed by atoms with Crippen molar-refractivity contribution < 1.29 is 9.21 Å². The minimum Gasteiger partial charge on any atom is -0.468 e. The Morgan fingerprint density at radius 1 is 1.59 bits per heavy atom. The van der Waals surface area contributed by atoms with Crippen LogP contribution in [0.25, 0.3) is 0 Å². The monoisotopic (exact) mass is 236 g/mol. The topological polar surface area (TPSA) is 45.5 Å². The molecular weight excluding hydrogens is 216 g/mol. The molecule has 1 aliphatic carbocycles. The minimum absolute atomic E-state index is 0.106. The zero-order valence-corrected chi connectivity index (χ0v) is 10.5. The molecule has 94 valence electrons. The number of hydrogen-bond acceptors (Lipinski definition) is 3. The molecule has 1 aliphatic rings. The number of nitrogens with one attached hydrogen (secondary N) is 1.